The summed E-state index contributed by atoms with van der Waals surface area (Å²) in [5, 5.41) is 5.12. The van der Waals surface area contributed by atoms with Gasteiger partial charge >= 0.3 is 0 Å². The van der Waals surface area contributed by atoms with Crippen LogP contribution in [0.1, 0.15) is 22.3 Å². The average molecular weight is 684 g/mol. The van der Waals surface area contributed by atoms with Gasteiger partial charge in [-0.2, -0.15) is 0 Å². The predicted octanol–water partition coefficient (Wildman–Crippen LogP) is 6.86. The van der Waals surface area contributed by atoms with Crippen molar-refractivity contribution in [2.45, 2.75) is 26.7 Å². The second-order valence-electron chi connectivity index (χ2n) is 13.4. The fourth-order valence-corrected chi connectivity index (χ4v) is 6.21. The Kier molecular flexibility index (Phi) is 10.6. The van der Waals surface area contributed by atoms with Crippen molar-refractivity contribution in [2.24, 2.45) is 0 Å². The van der Waals surface area contributed by atoms with Crippen LogP contribution in [0.25, 0.3) is 33.4 Å². The summed E-state index contributed by atoms with van der Waals surface area (Å²) in [6, 6.07) is 32.7. The van der Waals surface area contributed by atoms with Crippen LogP contribution in [0.3, 0.4) is 0 Å². The second kappa shape index (κ2) is 15.4. The molecule has 262 valence electrons. The van der Waals surface area contributed by atoms with E-state index < -0.39 is 0 Å². The molecule has 6 rings (SSSR count). The van der Waals surface area contributed by atoms with Crippen molar-refractivity contribution in [1.82, 2.24) is 9.89 Å². The van der Waals surface area contributed by atoms with Crippen LogP contribution in [0.4, 0.5) is 11.4 Å². The maximum Gasteiger partial charge on any atom is 0.224 e. The Morgan fingerprint density at radius 1 is 0.804 bits per heavy atom. The Hall–Kier alpha value is -5.76. The highest BCUT2D eigenvalue weighted by atomic mass is 16.5. The zero-order chi connectivity index (χ0) is 36.1. The minimum absolute atomic E-state index is 0.00738. The molecule has 3 N–H and O–H groups in total. The first kappa shape index (κ1) is 35.1. The van der Waals surface area contributed by atoms with Gasteiger partial charge in [0.2, 0.25) is 11.3 Å². The number of aryl methyl sites for hydroxylation is 2. The summed E-state index contributed by atoms with van der Waals surface area (Å²) in [5.41, 5.74) is 15.7. The fourth-order valence-electron chi connectivity index (χ4n) is 6.21. The molecule has 0 atom stereocenters. The number of nitrogens with two attached hydrogens (primary N) is 1. The maximum absolute atomic E-state index is 12.6. The molecule has 1 heterocycles. The molecule has 8 heteroatoms. The van der Waals surface area contributed by atoms with E-state index in [1.54, 1.807) is 0 Å². The quantitative estimate of drug-likeness (QED) is 0.0634. The number of benzene rings is 5. The molecule has 8 nitrogen and oxygen atoms in total. The van der Waals surface area contributed by atoms with E-state index in [1.807, 2.05) is 77.6 Å². The van der Waals surface area contributed by atoms with E-state index in [9.17, 15) is 4.79 Å². The molecule has 0 radical (unpaired) electrons. The summed E-state index contributed by atoms with van der Waals surface area (Å²) in [4.78, 5) is 14.6. The zero-order valence-corrected chi connectivity index (χ0v) is 30.4. The number of amides is 1. The summed E-state index contributed by atoms with van der Waals surface area (Å²) in [5.74, 6) is 2.40. The highest BCUT2D eigenvalue weighted by molar-refractivity contribution is 6.02. The van der Waals surface area contributed by atoms with Crippen LogP contribution >= 0.6 is 0 Å². The van der Waals surface area contributed by atoms with E-state index >= 15 is 0 Å². The van der Waals surface area contributed by atoms with Crippen LogP contribution in [0, 0.1) is 13.8 Å². The van der Waals surface area contributed by atoms with Gasteiger partial charge in [0.1, 0.15) is 50.2 Å². The molecule has 1 aliphatic heterocycles. The molecule has 0 fully saturated rings. The van der Waals surface area contributed by atoms with Crippen LogP contribution in [0.15, 0.2) is 101 Å². The van der Waals surface area contributed by atoms with Gasteiger partial charge in [0.25, 0.3) is 0 Å². The largest absolute Gasteiger partial charge is 0.490 e. The Morgan fingerprint density at radius 2 is 1.55 bits per heavy atom. The summed E-state index contributed by atoms with van der Waals surface area (Å²) in [6.07, 6.45) is 1.07. The standard InChI is InChI=1S/C43H46N4O4/c1-28-7-11-32(43-36-16-14-34(46(3)4)26-40(36)51-41-27-35(47(5)6)15-17-37(41)43)25-39(28)50-22-21-49-38-18-10-31(23-29(38)2)24-42(48)45-20-19-30-8-12-33(44)13-9-30/h7-18,23,25-27H,19-22,24,44H2,1-6H3/p+1. The first-order chi connectivity index (χ1) is 24.5. The highest BCUT2D eigenvalue weighted by Crippen LogP contribution is 2.42. The minimum Gasteiger partial charge on any atom is -0.490 e. The predicted molar refractivity (Wildman–Crippen MR) is 208 cm³/mol. The fraction of sp³-hybridized carbons (Fsp3) is 0.256. The molecule has 4 aromatic carbocycles. The van der Waals surface area contributed by atoms with Crippen molar-refractivity contribution in [3.63, 3.8) is 0 Å². The van der Waals surface area contributed by atoms with Crippen LogP contribution < -0.4 is 35.4 Å². The van der Waals surface area contributed by atoms with E-state index in [0.29, 0.717) is 26.2 Å². The van der Waals surface area contributed by atoms with E-state index in [0.717, 1.165) is 90.3 Å². The summed E-state index contributed by atoms with van der Waals surface area (Å²) >= 11 is 0. The zero-order valence-electron chi connectivity index (χ0n) is 30.4. The van der Waals surface area contributed by atoms with Crippen molar-refractivity contribution in [3.05, 3.63) is 125 Å². The third kappa shape index (κ3) is 8.35. The van der Waals surface area contributed by atoms with Crippen LogP contribution in [-0.4, -0.2) is 53.9 Å². The molecule has 1 amide bonds. The molecular formula is C43H47N4O4+. The number of ether oxygens (including phenoxy) is 2. The number of nitrogens with zero attached hydrogens (tertiary/aromatic N) is 2. The minimum atomic E-state index is -0.00738. The number of nitrogen functional groups attached to an aromatic ring is 1. The number of hydrogen-bond acceptors (Lipinski definition) is 6. The topological polar surface area (TPSA) is 93.0 Å². The van der Waals surface area contributed by atoms with Crippen LogP contribution in [0.2, 0.25) is 0 Å². The van der Waals surface area contributed by atoms with Crippen molar-refractivity contribution in [1.29, 1.82) is 0 Å². The average Bonchev–Trinajstić information content (AvgIpc) is 3.11. The normalized spacial score (nSPS) is 11.1. The first-order valence-corrected chi connectivity index (χ1v) is 17.3. The van der Waals surface area contributed by atoms with Crippen molar-refractivity contribution >= 4 is 28.3 Å². The van der Waals surface area contributed by atoms with Gasteiger partial charge in [-0.1, -0.05) is 36.4 Å². The molecule has 0 bridgehead atoms. The van der Waals surface area contributed by atoms with E-state index in [1.165, 1.54) is 0 Å². The van der Waals surface area contributed by atoms with Crippen LogP contribution in [0.5, 0.6) is 11.5 Å². The molecule has 0 unspecified atom stereocenters. The van der Waals surface area contributed by atoms with Gasteiger partial charge in [0, 0.05) is 60.7 Å². The number of rotatable bonds is 12. The Bertz CT molecular complexity index is 2220. The number of nitrogens with one attached hydrogen (secondary N) is 1. The van der Waals surface area contributed by atoms with E-state index in [-0.39, 0.29) is 5.91 Å². The lowest BCUT2D eigenvalue weighted by molar-refractivity contribution is -0.120. The number of hydrogen-bond donors (Lipinski definition) is 2. The van der Waals surface area contributed by atoms with Gasteiger partial charge in [-0.25, -0.2) is 4.58 Å². The monoisotopic (exact) mass is 683 g/mol. The van der Waals surface area contributed by atoms with Gasteiger partial charge in [-0.3, -0.25) is 4.79 Å². The molecule has 0 spiro atoms. The summed E-state index contributed by atoms with van der Waals surface area (Å²) in [7, 11) is 8.13. The Labute approximate surface area is 300 Å². The number of carbonyl (C=O) groups is 1. The molecule has 51 heavy (non-hydrogen) atoms. The molecule has 0 saturated carbocycles. The Morgan fingerprint density at radius 3 is 2.27 bits per heavy atom. The summed E-state index contributed by atoms with van der Waals surface area (Å²) < 4.78 is 21.0. The van der Waals surface area contributed by atoms with Crippen LogP contribution in [-0.2, 0) is 17.6 Å². The lowest BCUT2D eigenvalue weighted by Gasteiger charge is -2.19. The van der Waals surface area contributed by atoms with Gasteiger partial charge < -0.3 is 29.8 Å². The van der Waals surface area contributed by atoms with Crippen molar-refractivity contribution < 1.29 is 18.7 Å². The molecular weight excluding hydrogens is 636 g/mol. The van der Waals surface area contributed by atoms with Gasteiger partial charge in [-0.05, 0) is 90.6 Å². The van der Waals surface area contributed by atoms with Gasteiger partial charge in [-0.15, -0.1) is 0 Å². The second-order valence-corrected chi connectivity index (χ2v) is 13.4. The lowest BCUT2D eigenvalue weighted by atomic mass is 9.93. The maximum atomic E-state index is 12.6. The van der Waals surface area contributed by atoms with E-state index in [4.69, 9.17) is 19.6 Å². The molecule has 1 aliphatic carbocycles. The third-order valence-electron chi connectivity index (χ3n) is 9.12. The lowest BCUT2D eigenvalue weighted by Crippen LogP contribution is -2.27. The molecule has 0 aromatic heterocycles. The first-order valence-electron chi connectivity index (χ1n) is 17.3. The van der Waals surface area contributed by atoms with E-state index in [2.05, 4.69) is 76.3 Å². The summed E-state index contributed by atoms with van der Waals surface area (Å²) in [6.45, 7) is 5.39. The number of anilines is 2. The van der Waals surface area contributed by atoms with Crippen molar-refractivity contribution in [3.8, 4) is 33.9 Å². The Balaban J connectivity index is 1.12. The molecule has 2 aliphatic rings. The van der Waals surface area contributed by atoms with Gasteiger partial charge in [0.05, 0.1) is 12.5 Å². The molecule has 4 aromatic rings. The van der Waals surface area contributed by atoms with Gasteiger partial charge in [0.15, 0.2) is 0 Å². The third-order valence-corrected chi connectivity index (χ3v) is 9.12. The smallest absolute Gasteiger partial charge is 0.224 e. The number of fused-ring (bicyclic) bond motifs is 2. The highest BCUT2D eigenvalue weighted by Gasteiger charge is 2.19. The van der Waals surface area contributed by atoms with Crippen molar-refractivity contribution in [2.75, 3.05) is 58.6 Å². The SMILES string of the molecule is Cc1cc(CC(=O)NCCc2ccc(N)cc2)ccc1OCCOc1cc(-c2c3ccc(=[N+](C)C)cc-3oc3cc(N(C)C)ccc23)ccc1C. The number of carbonyl (C=O) groups excluding carboxylic acids is 1. The molecule has 0 saturated heterocycles.